The third-order valence-electron chi connectivity index (χ3n) is 4.33. The summed E-state index contributed by atoms with van der Waals surface area (Å²) in [5, 5.41) is 10.9. The smallest absolute Gasteiger partial charge is 0.292 e. The lowest BCUT2D eigenvalue weighted by Crippen LogP contribution is -2.39. The Hall–Kier alpha value is -2.11. The van der Waals surface area contributed by atoms with Crippen molar-refractivity contribution < 1.29 is 9.72 Å². The molecule has 1 saturated carbocycles. The third kappa shape index (κ3) is 3.32. The van der Waals surface area contributed by atoms with E-state index in [-0.39, 0.29) is 23.3 Å². The number of amides is 1. The second-order valence-electron chi connectivity index (χ2n) is 5.86. The Kier molecular flexibility index (Phi) is 4.45. The second kappa shape index (κ2) is 6.11. The van der Waals surface area contributed by atoms with E-state index in [1.807, 2.05) is 0 Å². The summed E-state index contributed by atoms with van der Waals surface area (Å²) in [6.07, 6.45) is 4.20. The standard InChI is InChI=1S/C15H21N3O3/c1-10-3-6-12(7-4-10)17(2)15(19)11-5-8-13(16)14(9-11)18(20)21/h5,8-10,12H,3-4,6-7,16H2,1-2H3. The van der Waals surface area contributed by atoms with Crippen LogP contribution in [0.5, 0.6) is 0 Å². The van der Waals surface area contributed by atoms with Crippen molar-refractivity contribution in [3.05, 3.63) is 33.9 Å². The molecular formula is C15H21N3O3. The molecule has 0 saturated heterocycles. The molecule has 2 rings (SSSR count). The van der Waals surface area contributed by atoms with Crippen molar-refractivity contribution in [1.29, 1.82) is 0 Å². The summed E-state index contributed by atoms with van der Waals surface area (Å²) in [5.41, 5.74) is 5.73. The maximum atomic E-state index is 12.5. The largest absolute Gasteiger partial charge is 0.393 e. The van der Waals surface area contributed by atoms with Gasteiger partial charge in [-0.15, -0.1) is 0 Å². The lowest BCUT2D eigenvalue weighted by atomic mass is 9.86. The SMILES string of the molecule is CC1CCC(N(C)C(=O)c2ccc(N)c([N+](=O)[O-])c2)CC1. The van der Waals surface area contributed by atoms with Crippen LogP contribution in [0.15, 0.2) is 18.2 Å². The molecule has 1 aliphatic carbocycles. The summed E-state index contributed by atoms with van der Waals surface area (Å²) in [6, 6.07) is 4.44. The maximum Gasteiger partial charge on any atom is 0.292 e. The van der Waals surface area contributed by atoms with Crippen LogP contribution in [0.25, 0.3) is 0 Å². The number of rotatable bonds is 3. The second-order valence-corrected chi connectivity index (χ2v) is 5.86. The van der Waals surface area contributed by atoms with E-state index in [0.29, 0.717) is 11.5 Å². The fourth-order valence-electron chi connectivity index (χ4n) is 2.83. The molecule has 0 atom stereocenters. The van der Waals surface area contributed by atoms with Crippen LogP contribution in [-0.2, 0) is 0 Å². The average molecular weight is 291 g/mol. The van der Waals surface area contributed by atoms with Crippen molar-refractivity contribution in [2.75, 3.05) is 12.8 Å². The number of anilines is 1. The van der Waals surface area contributed by atoms with Crippen LogP contribution in [0, 0.1) is 16.0 Å². The molecule has 2 N–H and O–H groups in total. The number of nitrogen functional groups attached to an aromatic ring is 1. The molecule has 6 nitrogen and oxygen atoms in total. The predicted octanol–water partition coefficient (Wildman–Crippen LogP) is 2.83. The molecule has 21 heavy (non-hydrogen) atoms. The lowest BCUT2D eigenvalue weighted by molar-refractivity contribution is -0.383. The topological polar surface area (TPSA) is 89.5 Å². The van der Waals surface area contributed by atoms with Crippen LogP contribution in [0.1, 0.15) is 43.0 Å². The molecule has 0 radical (unpaired) electrons. The van der Waals surface area contributed by atoms with Gasteiger partial charge in [0.2, 0.25) is 0 Å². The number of carbonyl (C=O) groups excluding carboxylic acids is 1. The van der Waals surface area contributed by atoms with Gasteiger partial charge in [0.05, 0.1) is 4.92 Å². The first-order valence-corrected chi connectivity index (χ1v) is 7.21. The van der Waals surface area contributed by atoms with Crippen LogP contribution < -0.4 is 5.73 Å². The molecule has 6 heteroatoms. The highest BCUT2D eigenvalue weighted by Crippen LogP contribution is 2.28. The van der Waals surface area contributed by atoms with Crippen molar-refractivity contribution in [3.63, 3.8) is 0 Å². The minimum atomic E-state index is -0.561. The van der Waals surface area contributed by atoms with Crippen LogP contribution in [-0.4, -0.2) is 28.8 Å². The summed E-state index contributed by atoms with van der Waals surface area (Å²) in [4.78, 5) is 24.5. The fourth-order valence-corrected chi connectivity index (χ4v) is 2.83. The van der Waals surface area contributed by atoms with Crippen molar-refractivity contribution >= 4 is 17.3 Å². The molecule has 0 aromatic heterocycles. The van der Waals surface area contributed by atoms with Gasteiger partial charge in [-0.2, -0.15) is 0 Å². The quantitative estimate of drug-likeness (QED) is 0.527. The summed E-state index contributed by atoms with van der Waals surface area (Å²) in [6.45, 7) is 2.22. The Balaban J connectivity index is 2.16. The maximum absolute atomic E-state index is 12.5. The molecule has 0 spiro atoms. The summed E-state index contributed by atoms with van der Waals surface area (Å²) < 4.78 is 0. The number of nitrogens with zero attached hydrogens (tertiary/aromatic N) is 2. The summed E-state index contributed by atoms with van der Waals surface area (Å²) in [5.74, 6) is 0.528. The number of hydrogen-bond donors (Lipinski definition) is 1. The number of benzene rings is 1. The van der Waals surface area contributed by atoms with Gasteiger partial charge in [-0.1, -0.05) is 6.92 Å². The molecular weight excluding hydrogens is 270 g/mol. The minimum absolute atomic E-state index is 0.0747. The van der Waals surface area contributed by atoms with E-state index in [0.717, 1.165) is 25.7 Å². The molecule has 1 aromatic carbocycles. The van der Waals surface area contributed by atoms with Gasteiger partial charge >= 0.3 is 0 Å². The number of nitrogens with two attached hydrogens (primary N) is 1. The predicted molar refractivity (Wildman–Crippen MR) is 81.0 cm³/mol. The first-order chi connectivity index (χ1) is 9.90. The molecule has 0 aliphatic heterocycles. The Morgan fingerprint density at radius 1 is 1.33 bits per heavy atom. The normalized spacial score (nSPS) is 21.8. The lowest BCUT2D eigenvalue weighted by Gasteiger charge is -2.33. The number of carbonyl (C=O) groups is 1. The van der Waals surface area contributed by atoms with Gasteiger partial charge in [0, 0.05) is 24.7 Å². The van der Waals surface area contributed by atoms with E-state index in [1.165, 1.54) is 12.1 Å². The van der Waals surface area contributed by atoms with Gasteiger partial charge in [-0.3, -0.25) is 14.9 Å². The third-order valence-corrected chi connectivity index (χ3v) is 4.33. The Morgan fingerprint density at radius 3 is 2.52 bits per heavy atom. The number of nitro benzene ring substituents is 1. The van der Waals surface area contributed by atoms with E-state index < -0.39 is 4.92 Å². The zero-order valence-corrected chi connectivity index (χ0v) is 12.4. The highest BCUT2D eigenvalue weighted by molar-refractivity contribution is 5.95. The zero-order valence-electron chi connectivity index (χ0n) is 12.4. The van der Waals surface area contributed by atoms with Crippen molar-refractivity contribution in [2.24, 2.45) is 5.92 Å². The summed E-state index contributed by atoms with van der Waals surface area (Å²) >= 11 is 0. The number of hydrogen-bond acceptors (Lipinski definition) is 4. The molecule has 1 fully saturated rings. The van der Waals surface area contributed by atoms with Gasteiger partial charge in [-0.05, 0) is 43.7 Å². The van der Waals surface area contributed by atoms with Crippen LogP contribution in [0.3, 0.4) is 0 Å². The Bertz CT molecular complexity index is 551. The highest BCUT2D eigenvalue weighted by atomic mass is 16.6. The first-order valence-electron chi connectivity index (χ1n) is 7.21. The molecule has 0 heterocycles. The number of nitro groups is 1. The fraction of sp³-hybridized carbons (Fsp3) is 0.533. The average Bonchev–Trinajstić information content (AvgIpc) is 2.46. The van der Waals surface area contributed by atoms with Crippen LogP contribution >= 0.6 is 0 Å². The van der Waals surface area contributed by atoms with E-state index in [4.69, 9.17) is 5.73 Å². The molecule has 0 bridgehead atoms. The van der Waals surface area contributed by atoms with Gasteiger partial charge < -0.3 is 10.6 Å². The Morgan fingerprint density at radius 2 is 1.95 bits per heavy atom. The van der Waals surface area contributed by atoms with Crippen molar-refractivity contribution in [1.82, 2.24) is 4.90 Å². The first kappa shape index (κ1) is 15.3. The van der Waals surface area contributed by atoms with E-state index >= 15 is 0 Å². The van der Waals surface area contributed by atoms with Gasteiger partial charge in [0.15, 0.2) is 0 Å². The summed E-state index contributed by atoms with van der Waals surface area (Å²) in [7, 11) is 1.77. The van der Waals surface area contributed by atoms with E-state index in [1.54, 1.807) is 18.0 Å². The van der Waals surface area contributed by atoms with E-state index in [2.05, 4.69) is 6.92 Å². The molecule has 114 valence electrons. The van der Waals surface area contributed by atoms with E-state index in [9.17, 15) is 14.9 Å². The highest BCUT2D eigenvalue weighted by Gasteiger charge is 2.26. The molecule has 0 unspecified atom stereocenters. The van der Waals surface area contributed by atoms with Crippen molar-refractivity contribution in [2.45, 2.75) is 38.6 Å². The van der Waals surface area contributed by atoms with Gasteiger partial charge in [0.25, 0.3) is 11.6 Å². The molecule has 1 aromatic rings. The molecule has 1 amide bonds. The minimum Gasteiger partial charge on any atom is -0.393 e. The monoisotopic (exact) mass is 291 g/mol. The van der Waals surface area contributed by atoms with Gasteiger partial charge in [0.1, 0.15) is 5.69 Å². The van der Waals surface area contributed by atoms with Crippen molar-refractivity contribution in [3.8, 4) is 0 Å². The Labute approximate surface area is 124 Å². The van der Waals surface area contributed by atoms with Crippen LogP contribution in [0.4, 0.5) is 11.4 Å². The van der Waals surface area contributed by atoms with Crippen LogP contribution in [0.2, 0.25) is 0 Å². The van der Waals surface area contributed by atoms with Gasteiger partial charge in [-0.25, -0.2) is 0 Å². The zero-order chi connectivity index (χ0) is 15.6. The molecule has 1 aliphatic rings.